The minimum Gasteiger partial charge on any atom is -0.299 e. The van der Waals surface area contributed by atoms with Crippen molar-refractivity contribution in [1.82, 2.24) is 0 Å². The SMILES string of the molecule is C/C1=C\CCC(=O)C2CC(C)(C)C2CC1. The molecular weight excluding hydrogens is 184 g/mol. The molecule has 1 heteroatoms. The molecule has 1 saturated carbocycles. The van der Waals surface area contributed by atoms with E-state index in [1.807, 2.05) is 0 Å². The number of carbonyl (C=O) groups is 1. The number of ketones is 1. The highest BCUT2D eigenvalue weighted by molar-refractivity contribution is 5.82. The predicted octanol–water partition coefficient (Wildman–Crippen LogP) is 3.74. The number of carbonyl (C=O) groups excluding carboxylic acids is 1. The van der Waals surface area contributed by atoms with Gasteiger partial charge in [0.25, 0.3) is 0 Å². The summed E-state index contributed by atoms with van der Waals surface area (Å²) in [7, 11) is 0. The summed E-state index contributed by atoms with van der Waals surface area (Å²) >= 11 is 0. The third kappa shape index (κ3) is 2.02. The van der Waals surface area contributed by atoms with Crippen LogP contribution in [0.5, 0.6) is 0 Å². The molecular formula is C14H22O. The Morgan fingerprint density at radius 2 is 2.07 bits per heavy atom. The summed E-state index contributed by atoms with van der Waals surface area (Å²) in [6, 6.07) is 0. The lowest BCUT2D eigenvalue weighted by molar-refractivity contribution is -0.136. The monoisotopic (exact) mass is 206 g/mol. The van der Waals surface area contributed by atoms with E-state index in [1.165, 1.54) is 18.4 Å². The summed E-state index contributed by atoms with van der Waals surface area (Å²) in [5.41, 5.74) is 1.89. The standard InChI is InChI=1S/C14H22O/c1-10-5-4-6-13(15)11-9-14(2,3)12(11)8-7-10/h5,11-12H,4,6-9H2,1-3H3/b10-5+. The Morgan fingerprint density at radius 3 is 2.73 bits per heavy atom. The van der Waals surface area contributed by atoms with Crippen LogP contribution in [0.15, 0.2) is 11.6 Å². The molecule has 0 radical (unpaired) electrons. The maximum Gasteiger partial charge on any atom is 0.136 e. The Morgan fingerprint density at radius 1 is 1.33 bits per heavy atom. The molecule has 1 fully saturated rings. The van der Waals surface area contributed by atoms with E-state index in [-0.39, 0.29) is 0 Å². The molecule has 2 rings (SSSR count). The largest absolute Gasteiger partial charge is 0.299 e. The van der Waals surface area contributed by atoms with Crippen molar-refractivity contribution in [2.45, 2.75) is 52.9 Å². The van der Waals surface area contributed by atoms with Crippen LogP contribution < -0.4 is 0 Å². The molecule has 2 aliphatic carbocycles. The van der Waals surface area contributed by atoms with Crippen LogP contribution in [0.25, 0.3) is 0 Å². The van der Waals surface area contributed by atoms with Gasteiger partial charge >= 0.3 is 0 Å². The van der Waals surface area contributed by atoms with Gasteiger partial charge in [-0.15, -0.1) is 0 Å². The highest BCUT2D eigenvalue weighted by Crippen LogP contribution is 2.54. The van der Waals surface area contributed by atoms with Gasteiger partial charge in [-0.1, -0.05) is 25.5 Å². The van der Waals surface area contributed by atoms with Crippen molar-refractivity contribution in [3.63, 3.8) is 0 Å². The van der Waals surface area contributed by atoms with Crippen molar-refractivity contribution in [1.29, 1.82) is 0 Å². The van der Waals surface area contributed by atoms with Crippen molar-refractivity contribution in [3.05, 3.63) is 11.6 Å². The van der Waals surface area contributed by atoms with Crippen LogP contribution in [0.4, 0.5) is 0 Å². The number of allylic oxidation sites excluding steroid dienone is 2. The van der Waals surface area contributed by atoms with Crippen molar-refractivity contribution >= 4 is 5.78 Å². The van der Waals surface area contributed by atoms with Gasteiger partial charge in [0.2, 0.25) is 0 Å². The average Bonchev–Trinajstić information content (AvgIpc) is 2.18. The van der Waals surface area contributed by atoms with Crippen LogP contribution in [0.3, 0.4) is 0 Å². The lowest BCUT2D eigenvalue weighted by Crippen LogP contribution is -2.47. The molecule has 0 aromatic rings. The van der Waals surface area contributed by atoms with Crippen molar-refractivity contribution < 1.29 is 4.79 Å². The molecule has 2 unspecified atom stereocenters. The normalized spacial score (nSPS) is 38.9. The minimum absolute atomic E-state index is 0.388. The molecule has 1 nitrogen and oxygen atoms in total. The van der Waals surface area contributed by atoms with Crippen molar-refractivity contribution in [2.75, 3.05) is 0 Å². The first-order chi connectivity index (χ1) is 7.00. The van der Waals surface area contributed by atoms with Gasteiger partial charge in [-0.05, 0) is 43.9 Å². The molecule has 0 saturated heterocycles. The second-order valence-corrected chi connectivity index (χ2v) is 6.00. The first-order valence-electron chi connectivity index (χ1n) is 6.19. The topological polar surface area (TPSA) is 17.1 Å². The fraction of sp³-hybridized carbons (Fsp3) is 0.786. The molecule has 2 atom stereocenters. The zero-order valence-corrected chi connectivity index (χ0v) is 10.2. The van der Waals surface area contributed by atoms with E-state index in [0.717, 1.165) is 19.3 Å². The van der Waals surface area contributed by atoms with E-state index in [1.54, 1.807) is 0 Å². The van der Waals surface area contributed by atoms with Gasteiger partial charge in [-0.25, -0.2) is 0 Å². The lowest BCUT2D eigenvalue weighted by Gasteiger charge is -2.51. The predicted molar refractivity (Wildman–Crippen MR) is 62.6 cm³/mol. The summed E-state index contributed by atoms with van der Waals surface area (Å²) in [5.74, 6) is 1.55. The second-order valence-electron chi connectivity index (χ2n) is 6.00. The van der Waals surface area contributed by atoms with E-state index in [2.05, 4.69) is 26.8 Å². The van der Waals surface area contributed by atoms with Crippen LogP contribution in [0, 0.1) is 17.3 Å². The van der Waals surface area contributed by atoms with Crippen LogP contribution >= 0.6 is 0 Å². The van der Waals surface area contributed by atoms with E-state index < -0.39 is 0 Å². The molecule has 15 heavy (non-hydrogen) atoms. The molecule has 84 valence electrons. The number of fused-ring (bicyclic) bond motifs is 1. The van der Waals surface area contributed by atoms with E-state index >= 15 is 0 Å². The molecule has 0 amide bonds. The fourth-order valence-electron chi connectivity index (χ4n) is 3.31. The molecule has 0 heterocycles. The quantitative estimate of drug-likeness (QED) is 0.552. The zero-order chi connectivity index (χ0) is 11.1. The average molecular weight is 206 g/mol. The maximum atomic E-state index is 11.9. The highest BCUT2D eigenvalue weighted by Gasteiger charge is 2.49. The van der Waals surface area contributed by atoms with Gasteiger partial charge in [0.05, 0.1) is 0 Å². The summed E-state index contributed by atoms with van der Waals surface area (Å²) in [5, 5.41) is 0. The minimum atomic E-state index is 0.388. The molecule has 0 aromatic heterocycles. The third-order valence-electron chi connectivity index (χ3n) is 4.38. The molecule has 0 aromatic carbocycles. The summed E-state index contributed by atoms with van der Waals surface area (Å²) in [4.78, 5) is 11.9. The third-order valence-corrected chi connectivity index (χ3v) is 4.38. The summed E-state index contributed by atoms with van der Waals surface area (Å²) in [6.45, 7) is 6.84. The van der Waals surface area contributed by atoms with Gasteiger partial charge in [0.15, 0.2) is 0 Å². The van der Waals surface area contributed by atoms with E-state index in [0.29, 0.717) is 23.0 Å². The number of hydrogen-bond donors (Lipinski definition) is 0. The molecule has 0 aliphatic heterocycles. The number of rotatable bonds is 0. The smallest absolute Gasteiger partial charge is 0.136 e. The van der Waals surface area contributed by atoms with E-state index in [4.69, 9.17) is 0 Å². The Hall–Kier alpha value is -0.590. The summed E-state index contributed by atoms with van der Waals surface area (Å²) in [6.07, 6.45) is 7.53. The Kier molecular flexibility index (Phi) is 2.74. The Labute approximate surface area is 92.9 Å². The van der Waals surface area contributed by atoms with Gasteiger partial charge in [0, 0.05) is 12.3 Å². The Balaban J connectivity index is 2.12. The van der Waals surface area contributed by atoms with Crippen LogP contribution in [0.2, 0.25) is 0 Å². The van der Waals surface area contributed by atoms with Crippen LogP contribution in [0.1, 0.15) is 52.9 Å². The van der Waals surface area contributed by atoms with Crippen molar-refractivity contribution in [3.8, 4) is 0 Å². The Bertz CT molecular complexity index is 298. The van der Waals surface area contributed by atoms with Gasteiger partial charge < -0.3 is 0 Å². The molecule has 0 spiro atoms. The molecule has 0 bridgehead atoms. The van der Waals surface area contributed by atoms with Crippen molar-refractivity contribution in [2.24, 2.45) is 17.3 Å². The number of hydrogen-bond acceptors (Lipinski definition) is 1. The summed E-state index contributed by atoms with van der Waals surface area (Å²) < 4.78 is 0. The first kappa shape index (κ1) is 10.9. The first-order valence-corrected chi connectivity index (χ1v) is 6.19. The maximum absolute atomic E-state index is 11.9. The van der Waals surface area contributed by atoms with E-state index in [9.17, 15) is 4.79 Å². The van der Waals surface area contributed by atoms with Crippen LogP contribution in [-0.4, -0.2) is 5.78 Å². The van der Waals surface area contributed by atoms with Gasteiger partial charge in [-0.3, -0.25) is 4.79 Å². The lowest BCUT2D eigenvalue weighted by atomic mass is 9.53. The number of Topliss-reactive ketones (excluding diaryl/α,β-unsaturated/α-hetero) is 1. The van der Waals surface area contributed by atoms with Crippen LogP contribution in [-0.2, 0) is 4.79 Å². The van der Waals surface area contributed by atoms with Gasteiger partial charge in [-0.2, -0.15) is 0 Å². The highest BCUT2D eigenvalue weighted by atomic mass is 16.1. The second kappa shape index (κ2) is 3.77. The fourth-order valence-corrected chi connectivity index (χ4v) is 3.31. The zero-order valence-electron chi connectivity index (χ0n) is 10.2. The van der Waals surface area contributed by atoms with Gasteiger partial charge in [0.1, 0.15) is 5.78 Å². The molecule has 0 N–H and O–H groups in total. The molecule has 2 aliphatic rings.